The summed E-state index contributed by atoms with van der Waals surface area (Å²) < 4.78 is 1.92. The highest BCUT2D eigenvalue weighted by Crippen LogP contribution is 2.46. The number of hydrogen-bond donors (Lipinski definition) is 2. The van der Waals surface area contributed by atoms with Crippen molar-refractivity contribution < 1.29 is 0 Å². The molecular formula is C10H18N4. The Labute approximate surface area is 84.4 Å². The van der Waals surface area contributed by atoms with Crippen LogP contribution in [-0.2, 0) is 7.05 Å². The second-order valence-electron chi connectivity index (χ2n) is 4.36. The number of rotatable bonds is 3. The van der Waals surface area contributed by atoms with Gasteiger partial charge in [-0.2, -0.15) is 5.10 Å². The fraction of sp³-hybridized carbons (Fsp3) is 0.700. The lowest BCUT2D eigenvalue weighted by Crippen LogP contribution is -2.31. The van der Waals surface area contributed by atoms with Gasteiger partial charge in [0.2, 0.25) is 0 Å². The predicted octanol–water partition coefficient (Wildman–Crippen LogP) is 0.889. The molecule has 0 amide bonds. The second kappa shape index (κ2) is 3.37. The highest BCUT2D eigenvalue weighted by molar-refractivity contribution is 5.22. The summed E-state index contributed by atoms with van der Waals surface area (Å²) in [6, 6.07) is 0.262. The van der Waals surface area contributed by atoms with Crippen molar-refractivity contribution in [2.24, 2.45) is 24.7 Å². The maximum atomic E-state index is 5.61. The first-order valence-corrected chi connectivity index (χ1v) is 5.09. The molecular weight excluding hydrogens is 176 g/mol. The molecule has 1 aromatic heterocycles. The molecule has 14 heavy (non-hydrogen) atoms. The van der Waals surface area contributed by atoms with Gasteiger partial charge in [-0.05, 0) is 30.7 Å². The molecule has 3 N–H and O–H groups in total. The summed E-state index contributed by atoms with van der Waals surface area (Å²) in [5, 5.41) is 4.24. The minimum Gasteiger partial charge on any atom is -0.271 e. The standard InChI is InChI=1S/C10H18N4/c1-6-4-8(6)9(13-11)10-7(2)5-12-14(10)3/h5-6,8-9,13H,4,11H2,1-3H3. The van der Waals surface area contributed by atoms with Crippen LogP contribution in [0.2, 0.25) is 0 Å². The molecule has 1 heterocycles. The Hall–Kier alpha value is -0.870. The zero-order valence-electron chi connectivity index (χ0n) is 8.99. The second-order valence-corrected chi connectivity index (χ2v) is 4.36. The van der Waals surface area contributed by atoms with E-state index in [1.165, 1.54) is 17.7 Å². The number of nitrogens with zero attached hydrogens (tertiary/aromatic N) is 2. The van der Waals surface area contributed by atoms with Crippen LogP contribution >= 0.6 is 0 Å². The highest BCUT2D eigenvalue weighted by atomic mass is 15.3. The van der Waals surface area contributed by atoms with Crippen LogP contribution in [-0.4, -0.2) is 9.78 Å². The van der Waals surface area contributed by atoms with E-state index in [1.54, 1.807) is 0 Å². The third-order valence-electron chi connectivity index (χ3n) is 3.25. The van der Waals surface area contributed by atoms with Crippen molar-refractivity contribution in [1.82, 2.24) is 15.2 Å². The first kappa shape index (κ1) is 9.68. The molecule has 3 unspecified atom stereocenters. The summed E-state index contributed by atoms with van der Waals surface area (Å²) in [5.41, 5.74) is 5.36. The number of aromatic nitrogens is 2. The molecule has 4 nitrogen and oxygen atoms in total. The Morgan fingerprint density at radius 2 is 2.36 bits per heavy atom. The monoisotopic (exact) mass is 194 g/mol. The Kier molecular flexibility index (Phi) is 2.33. The first-order chi connectivity index (χ1) is 6.65. The average molecular weight is 194 g/mol. The van der Waals surface area contributed by atoms with Crippen molar-refractivity contribution in [2.75, 3.05) is 0 Å². The molecule has 1 aromatic rings. The van der Waals surface area contributed by atoms with Gasteiger partial charge in [0.15, 0.2) is 0 Å². The van der Waals surface area contributed by atoms with Crippen LogP contribution in [0.1, 0.15) is 30.6 Å². The van der Waals surface area contributed by atoms with Crippen molar-refractivity contribution >= 4 is 0 Å². The van der Waals surface area contributed by atoms with E-state index in [9.17, 15) is 0 Å². The third-order valence-corrected chi connectivity index (χ3v) is 3.25. The van der Waals surface area contributed by atoms with Gasteiger partial charge in [-0.25, -0.2) is 0 Å². The summed E-state index contributed by atoms with van der Waals surface area (Å²) in [5.74, 6) is 7.07. The number of aryl methyl sites for hydroxylation is 2. The zero-order chi connectivity index (χ0) is 10.3. The summed E-state index contributed by atoms with van der Waals surface area (Å²) in [7, 11) is 1.97. The van der Waals surface area contributed by atoms with E-state index in [0.29, 0.717) is 5.92 Å². The summed E-state index contributed by atoms with van der Waals surface area (Å²) in [6.45, 7) is 4.35. The number of hydrazine groups is 1. The van der Waals surface area contributed by atoms with Gasteiger partial charge < -0.3 is 0 Å². The van der Waals surface area contributed by atoms with Crippen LogP contribution < -0.4 is 11.3 Å². The Bertz CT molecular complexity index is 311. The van der Waals surface area contributed by atoms with Crippen LogP contribution in [0.5, 0.6) is 0 Å². The lowest BCUT2D eigenvalue weighted by atomic mass is 10.1. The van der Waals surface area contributed by atoms with E-state index in [2.05, 4.69) is 24.4 Å². The normalized spacial score (nSPS) is 27.7. The predicted molar refractivity (Wildman–Crippen MR) is 55.3 cm³/mol. The highest BCUT2D eigenvalue weighted by Gasteiger charge is 2.41. The van der Waals surface area contributed by atoms with Crippen molar-refractivity contribution in [3.8, 4) is 0 Å². The van der Waals surface area contributed by atoms with Gasteiger partial charge in [0, 0.05) is 7.05 Å². The number of hydrogen-bond acceptors (Lipinski definition) is 3. The largest absolute Gasteiger partial charge is 0.271 e. The molecule has 1 aliphatic rings. The Balaban J connectivity index is 2.27. The minimum atomic E-state index is 0.262. The van der Waals surface area contributed by atoms with E-state index < -0.39 is 0 Å². The zero-order valence-corrected chi connectivity index (χ0v) is 8.99. The molecule has 1 fully saturated rings. The summed E-state index contributed by atoms with van der Waals surface area (Å²) in [6.07, 6.45) is 3.16. The smallest absolute Gasteiger partial charge is 0.0662 e. The molecule has 0 aromatic carbocycles. The maximum absolute atomic E-state index is 5.61. The minimum absolute atomic E-state index is 0.262. The van der Waals surface area contributed by atoms with Crippen molar-refractivity contribution in [3.05, 3.63) is 17.5 Å². The van der Waals surface area contributed by atoms with Crippen LogP contribution in [0.15, 0.2) is 6.20 Å². The molecule has 78 valence electrons. The Morgan fingerprint density at radius 3 is 2.71 bits per heavy atom. The quantitative estimate of drug-likeness (QED) is 0.555. The lowest BCUT2D eigenvalue weighted by molar-refractivity contribution is 0.443. The van der Waals surface area contributed by atoms with Gasteiger partial charge in [-0.3, -0.25) is 16.0 Å². The number of nitrogens with one attached hydrogen (secondary N) is 1. The topological polar surface area (TPSA) is 55.9 Å². The van der Waals surface area contributed by atoms with Crippen molar-refractivity contribution in [2.45, 2.75) is 26.3 Å². The van der Waals surface area contributed by atoms with Crippen molar-refractivity contribution in [3.63, 3.8) is 0 Å². The fourth-order valence-corrected chi connectivity index (χ4v) is 2.22. The van der Waals surface area contributed by atoms with Crippen molar-refractivity contribution in [1.29, 1.82) is 0 Å². The average Bonchev–Trinajstić information content (AvgIpc) is 2.78. The van der Waals surface area contributed by atoms with E-state index in [-0.39, 0.29) is 6.04 Å². The Morgan fingerprint density at radius 1 is 1.71 bits per heavy atom. The SMILES string of the molecule is Cc1cnn(C)c1C(NN)C1CC1C. The molecule has 2 rings (SSSR count). The molecule has 0 saturated heterocycles. The van der Waals surface area contributed by atoms with Crippen LogP contribution in [0.4, 0.5) is 0 Å². The molecule has 1 aliphatic carbocycles. The van der Waals surface area contributed by atoms with Gasteiger partial charge >= 0.3 is 0 Å². The van der Waals surface area contributed by atoms with Gasteiger partial charge in [0.1, 0.15) is 0 Å². The maximum Gasteiger partial charge on any atom is 0.0662 e. The molecule has 0 radical (unpaired) electrons. The van der Waals surface area contributed by atoms with Gasteiger partial charge in [0.25, 0.3) is 0 Å². The van der Waals surface area contributed by atoms with E-state index in [4.69, 9.17) is 5.84 Å². The first-order valence-electron chi connectivity index (χ1n) is 5.09. The van der Waals surface area contributed by atoms with Crippen LogP contribution in [0.3, 0.4) is 0 Å². The lowest BCUT2D eigenvalue weighted by Gasteiger charge is -2.17. The fourth-order valence-electron chi connectivity index (χ4n) is 2.22. The van der Waals surface area contributed by atoms with Gasteiger partial charge in [0.05, 0.1) is 17.9 Å². The molecule has 0 aliphatic heterocycles. The van der Waals surface area contributed by atoms with E-state index in [0.717, 1.165) is 5.92 Å². The molecule has 1 saturated carbocycles. The number of nitrogens with two attached hydrogens (primary N) is 1. The van der Waals surface area contributed by atoms with E-state index in [1.807, 2.05) is 17.9 Å². The van der Waals surface area contributed by atoms with E-state index >= 15 is 0 Å². The van der Waals surface area contributed by atoms with Crippen LogP contribution in [0.25, 0.3) is 0 Å². The van der Waals surface area contributed by atoms with Gasteiger partial charge in [-0.1, -0.05) is 6.92 Å². The molecule has 0 bridgehead atoms. The third kappa shape index (κ3) is 1.44. The van der Waals surface area contributed by atoms with Gasteiger partial charge in [-0.15, -0.1) is 0 Å². The summed E-state index contributed by atoms with van der Waals surface area (Å²) in [4.78, 5) is 0. The summed E-state index contributed by atoms with van der Waals surface area (Å²) >= 11 is 0. The molecule has 4 heteroatoms. The van der Waals surface area contributed by atoms with Crippen LogP contribution in [0, 0.1) is 18.8 Å². The molecule has 0 spiro atoms. The molecule has 3 atom stereocenters.